The number of nitrogens with zero attached hydrogens (tertiary/aromatic N) is 4. The van der Waals surface area contributed by atoms with Gasteiger partial charge < -0.3 is 15.1 Å². The van der Waals surface area contributed by atoms with Crippen molar-refractivity contribution >= 4 is 11.9 Å². The fraction of sp³-hybridized carbons (Fsp3) is 0.353. The Labute approximate surface area is 136 Å². The van der Waals surface area contributed by atoms with Crippen LogP contribution in [0.3, 0.4) is 0 Å². The Balaban J connectivity index is 1.84. The number of carbonyl (C=O) groups excluding carboxylic acids is 1. The first-order valence-corrected chi connectivity index (χ1v) is 7.73. The van der Waals surface area contributed by atoms with Crippen molar-refractivity contribution in [3.63, 3.8) is 0 Å². The van der Waals surface area contributed by atoms with E-state index in [1.165, 1.54) is 0 Å². The van der Waals surface area contributed by atoms with Crippen molar-refractivity contribution in [2.45, 2.75) is 6.04 Å². The molecule has 1 N–H and O–H groups in total. The van der Waals surface area contributed by atoms with Crippen LogP contribution in [-0.2, 0) is 0 Å². The molecule has 23 heavy (non-hydrogen) atoms. The van der Waals surface area contributed by atoms with Crippen LogP contribution < -0.4 is 10.2 Å². The third-order valence-corrected chi connectivity index (χ3v) is 3.97. The highest BCUT2D eigenvalue weighted by Gasteiger charge is 2.28. The van der Waals surface area contributed by atoms with E-state index in [-0.39, 0.29) is 11.9 Å². The summed E-state index contributed by atoms with van der Waals surface area (Å²) in [6, 6.07) is 10.1. The van der Waals surface area contributed by atoms with E-state index in [1.807, 2.05) is 42.1 Å². The molecule has 3 rings (SSSR count). The summed E-state index contributed by atoms with van der Waals surface area (Å²) in [5, 5.41) is 3.36. The van der Waals surface area contributed by atoms with Crippen molar-refractivity contribution in [3.05, 3.63) is 53.9 Å². The maximum Gasteiger partial charge on any atom is 0.257 e. The Hall–Kier alpha value is -2.47. The molecule has 1 saturated heterocycles. The molecule has 1 aromatic heterocycles. The average Bonchev–Trinajstić information content (AvgIpc) is 2.62. The van der Waals surface area contributed by atoms with Crippen molar-refractivity contribution in [1.82, 2.24) is 20.2 Å². The zero-order valence-electron chi connectivity index (χ0n) is 13.4. The second-order valence-corrected chi connectivity index (χ2v) is 5.80. The lowest BCUT2D eigenvalue weighted by Crippen LogP contribution is -2.48. The van der Waals surface area contributed by atoms with E-state index in [1.54, 1.807) is 12.4 Å². The molecular formula is C17H21N5O. The third kappa shape index (κ3) is 3.32. The summed E-state index contributed by atoms with van der Waals surface area (Å²) in [5.41, 5.74) is 1.66. The summed E-state index contributed by atoms with van der Waals surface area (Å²) in [6.45, 7) is 2.23. The topological polar surface area (TPSA) is 61.4 Å². The highest BCUT2D eigenvalue weighted by molar-refractivity contribution is 5.94. The molecule has 0 spiro atoms. The summed E-state index contributed by atoms with van der Waals surface area (Å²) >= 11 is 0. The monoisotopic (exact) mass is 311 g/mol. The molecule has 1 unspecified atom stereocenters. The molecule has 120 valence electrons. The number of hydrogen-bond donors (Lipinski definition) is 1. The van der Waals surface area contributed by atoms with Gasteiger partial charge >= 0.3 is 0 Å². The van der Waals surface area contributed by atoms with Gasteiger partial charge in [0.1, 0.15) is 0 Å². The van der Waals surface area contributed by atoms with Gasteiger partial charge in [0.05, 0.1) is 11.6 Å². The van der Waals surface area contributed by atoms with Crippen LogP contribution in [0.15, 0.2) is 42.7 Å². The number of amides is 1. The number of piperazine rings is 1. The van der Waals surface area contributed by atoms with Gasteiger partial charge in [0.2, 0.25) is 5.95 Å². The smallest absolute Gasteiger partial charge is 0.257 e. The number of carbonyl (C=O) groups is 1. The predicted octanol–water partition coefficient (Wildman–Crippen LogP) is 1.33. The number of benzene rings is 1. The van der Waals surface area contributed by atoms with Crippen LogP contribution in [0.2, 0.25) is 0 Å². The zero-order chi connectivity index (χ0) is 16.2. The largest absolute Gasteiger partial charge is 0.347 e. The number of hydrogen-bond acceptors (Lipinski definition) is 5. The number of rotatable bonds is 3. The molecule has 0 aliphatic carbocycles. The van der Waals surface area contributed by atoms with Gasteiger partial charge in [-0.1, -0.05) is 30.3 Å². The van der Waals surface area contributed by atoms with E-state index in [4.69, 9.17) is 0 Å². The normalized spacial score (nSPS) is 17.8. The number of nitrogens with one attached hydrogen (secondary N) is 1. The first-order chi connectivity index (χ1) is 11.2. The van der Waals surface area contributed by atoms with Crippen LogP contribution in [-0.4, -0.2) is 54.5 Å². The van der Waals surface area contributed by atoms with Crippen molar-refractivity contribution in [2.24, 2.45) is 0 Å². The summed E-state index contributed by atoms with van der Waals surface area (Å²) in [7, 11) is 3.75. The maximum atomic E-state index is 12.9. The quantitative estimate of drug-likeness (QED) is 0.926. The van der Waals surface area contributed by atoms with Crippen molar-refractivity contribution in [3.8, 4) is 0 Å². The minimum Gasteiger partial charge on any atom is -0.347 e. The molecule has 0 bridgehead atoms. The molecular weight excluding hydrogens is 290 g/mol. The van der Waals surface area contributed by atoms with Gasteiger partial charge in [0.15, 0.2) is 0 Å². The molecule has 1 fully saturated rings. The Morgan fingerprint density at radius 3 is 2.57 bits per heavy atom. The number of anilines is 1. The second-order valence-electron chi connectivity index (χ2n) is 5.80. The Morgan fingerprint density at radius 1 is 1.22 bits per heavy atom. The maximum absolute atomic E-state index is 12.9. The predicted molar refractivity (Wildman–Crippen MR) is 89.4 cm³/mol. The third-order valence-electron chi connectivity index (χ3n) is 3.97. The molecule has 2 heterocycles. The molecule has 0 saturated carbocycles. The lowest BCUT2D eigenvalue weighted by Gasteiger charge is -2.36. The molecule has 1 amide bonds. The van der Waals surface area contributed by atoms with E-state index in [2.05, 4.69) is 27.4 Å². The molecule has 1 aliphatic rings. The summed E-state index contributed by atoms with van der Waals surface area (Å²) in [6.07, 6.45) is 3.21. The molecule has 2 aromatic rings. The lowest BCUT2D eigenvalue weighted by atomic mass is 10.0. The highest BCUT2D eigenvalue weighted by Crippen LogP contribution is 2.23. The minimum absolute atomic E-state index is 0.0225. The van der Waals surface area contributed by atoms with Crippen LogP contribution in [0.5, 0.6) is 0 Å². The van der Waals surface area contributed by atoms with Gasteiger partial charge in [-0.25, -0.2) is 9.97 Å². The number of aromatic nitrogens is 2. The van der Waals surface area contributed by atoms with E-state index in [0.717, 1.165) is 18.7 Å². The van der Waals surface area contributed by atoms with Gasteiger partial charge in [-0.2, -0.15) is 0 Å². The fourth-order valence-electron chi connectivity index (χ4n) is 2.75. The van der Waals surface area contributed by atoms with Crippen LogP contribution in [0.4, 0.5) is 5.95 Å². The highest BCUT2D eigenvalue weighted by atomic mass is 16.2. The fourth-order valence-corrected chi connectivity index (χ4v) is 2.75. The first kappa shape index (κ1) is 15.4. The molecule has 1 aromatic carbocycles. The standard InChI is InChI=1S/C17H21N5O/c1-21(2)17-19-10-14(11-20-17)16(23)22-9-8-18-12-15(22)13-6-4-3-5-7-13/h3-7,10-11,15,18H,8-9,12H2,1-2H3. The van der Waals surface area contributed by atoms with Gasteiger partial charge in [0, 0.05) is 46.1 Å². The Morgan fingerprint density at radius 2 is 1.91 bits per heavy atom. The second kappa shape index (κ2) is 6.75. The first-order valence-electron chi connectivity index (χ1n) is 7.73. The van der Waals surface area contributed by atoms with Crippen molar-refractivity contribution in [2.75, 3.05) is 38.6 Å². The van der Waals surface area contributed by atoms with Crippen LogP contribution in [0.25, 0.3) is 0 Å². The van der Waals surface area contributed by atoms with Gasteiger partial charge in [0.25, 0.3) is 5.91 Å². The molecule has 1 atom stereocenters. The van der Waals surface area contributed by atoms with Gasteiger partial charge in [-0.05, 0) is 5.56 Å². The minimum atomic E-state index is -0.0225. The van der Waals surface area contributed by atoms with Crippen LogP contribution in [0, 0.1) is 0 Å². The molecule has 6 nitrogen and oxygen atoms in total. The SMILES string of the molecule is CN(C)c1ncc(C(=O)N2CCNCC2c2ccccc2)cn1. The Bertz CT molecular complexity index is 656. The summed E-state index contributed by atoms with van der Waals surface area (Å²) in [4.78, 5) is 25.1. The zero-order valence-corrected chi connectivity index (χ0v) is 13.4. The van der Waals surface area contributed by atoms with Crippen molar-refractivity contribution < 1.29 is 4.79 Å². The van der Waals surface area contributed by atoms with Crippen LogP contribution in [0.1, 0.15) is 22.0 Å². The molecule has 6 heteroatoms. The van der Waals surface area contributed by atoms with Crippen LogP contribution >= 0.6 is 0 Å². The Kier molecular flexibility index (Phi) is 4.52. The van der Waals surface area contributed by atoms with Gasteiger partial charge in [-0.3, -0.25) is 4.79 Å². The van der Waals surface area contributed by atoms with Gasteiger partial charge in [-0.15, -0.1) is 0 Å². The lowest BCUT2D eigenvalue weighted by molar-refractivity contribution is 0.0633. The van der Waals surface area contributed by atoms with Crippen molar-refractivity contribution in [1.29, 1.82) is 0 Å². The van der Waals surface area contributed by atoms with E-state index < -0.39 is 0 Å². The average molecular weight is 311 g/mol. The van der Waals surface area contributed by atoms with E-state index >= 15 is 0 Å². The van der Waals surface area contributed by atoms with E-state index in [9.17, 15) is 4.79 Å². The van der Waals surface area contributed by atoms with E-state index in [0.29, 0.717) is 18.1 Å². The summed E-state index contributed by atoms with van der Waals surface area (Å²) in [5.74, 6) is 0.576. The summed E-state index contributed by atoms with van der Waals surface area (Å²) < 4.78 is 0. The molecule has 1 aliphatic heterocycles. The molecule has 0 radical (unpaired) electrons.